The van der Waals surface area contributed by atoms with Crippen molar-refractivity contribution in [2.75, 3.05) is 13.1 Å². The van der Waals surface area contributed by atoms with E-state index in [1.165, 1.54) is 18.0 Å². The van der Waals surface area contributed by atoms with Crippen molar-refractivity contribution in [3.63, 3.8) is 0 Å². The lowest BCUT2D eigenvalue weighted by molar-refractivity contribution is -0.0234. The Morgan fingerprint density at radius 3 is 2.50 bits per heavy atom. The Labute approximate surface area is 187 Å². The van der Waals surface area contributed by atoms with Gasteiger partial charge in [0.15, 0.2) is 0 Å². The summed E-state index contributed by atoms with van der Waals surface area (Å²) in [6.07, 6.45) is 4.41. The second kappa shape index (κ2) is 9.09. The second-order valence-corrected chi connectivity index (χ2v) is 8.83. The fourth-order valence-corrected chi connectivity index (χ4v) is 5.03. The molecule has 4 atom stereocenters. The van der Waals surface area contributed by atoms with Crippen molar-refractivity contribution in [2.45, 2.75) is 31.5 Å². The van der Waals surface area contributed by atoms with E-state index >= 15 is 0 Å². The predicted molar refractivity (Wildman–Crippen MR) is 120 cm³/mol. The Kier molecular flexibility index (Phi) is 5.86. The zero-order chi connectivity index (χ0) is 21.9. The van der Waals surface area contributed by atoms with Crippen LogP contribution in [-0.4, -0.2) is 51.4 Å². The molecule has 3 aromatic rings. The minimum absolute atomic E-state index is 0.0190. The summed E-state index contributed by atoms with van der Waals surface area (Å²) in [5, 5.41) is 18.4. The molecule has 0 spiro atoms. The highest BCUT2D eigenvalue weighted by Crippen LogP contribution is 2.39. The largest absolute Gasteiger partial charge is 0.487 e. The van der Waals surface area contributed by atoms with Gasteiger partial charge in [-0.2, -0.15) is 10.2 Å². The summed E-state index contributed by atoms with van der Waals surface area (Å²) in [4.78, 5) is 14.7. The average Bonchev–Trinajstić information content (AvgIpc) is 3.24. The Morgan fingerprint density at radius 1 is 0.969 bits per heavy atom. The number of benzene rings is 2. The number of aliphatic hydroxyl groups excluding tert-OH is 1. The number of hydrogen-bond acceptors (Lipinski definition) is 5. The normalized spacial score (nSPS) is 24.7. The van der Waals surface area contributed by atoms with Gasteiger partial charge in [-0.15, -0.1) is 0 Å². The highest BCUT2D eigenvalue weighted by Gasteiger charge is 2.44. The number of amides is 1. The number of ether oxygens (including phenoxy) is 1. The van der Waals surface area contributed by atoms with Crippen LogP contribution in [0.15, 0.2) is 73.1 Å². The van der Waals surface area contributed by atoms with Crippen LogP contribution in [0.4, 0.5) is 0 Å². The maximum Gasteiger partial charge on any atom is 0.255 e. The van der Waals surface area contributed by atoms with E-state index in [1.807, 2.05) is 41.3 Å². The third-order valence-electron chi connectivity index (χ3n) is 6.69. The predicted octanol–water partition coefficient (Wildman–Crippen LogP) is 3.36. The molecule has 2 fully saturated rings. The summed E-state index contributed by atoms with van der Waals surface area (Å²) in [5.74, 6) is 1.42. The third kappa shape index (κ3) is 4.36. The molecule has 32 heavy (non-hydrogen) atoms. The molecule has 1 saturated carbocycles. The van der Waals surface area contributed by atoms with Gasteiger partial charge in [-0.25, -0.2) is 0 Å². The van der Waals surface area contributed by atoms with Gasteiger partial charge in [0.1, 0.15) is 11.9 Å². The molecule has 0 unspecified atom stereocenters. The first-order valence-electron chi connectivity index (χ1n) is 11.2. The van der Waals surface area contributed by atoms with Gasteiger partial charge < -0.3 is 14.7 Å². The zero-order valence-electron chi connectivity index (χ0n) is 17.9. The molecule has 5 rings (SSSR count). The first-order chi connectivity index (χ1) is 15.7. The molecule has 6 heteroatoms. The SMILES string of the molecule is O=C(c1ccnnc1)N1C[C@H]2C[C@@H](Oc3ccccc3Cc3ccccc3)[C@H](O)C[C@H]2C1. The van der Waals surface area contributed by atoms with E-state index in [9.17, 15) is 9.90 Å². The lowest BCUT2D eigenvalue weighted by Gasteiger charge is -2.35. The van der Waals surface area contributed by atoms with Crippen LogP contribution in [0, 0.1) is 11.8 Å². The van der Waals surface area contributed by atoms with Crippen molar-refractivity contribution in [1.29, 1.82) is 0 Å². The van der Waals surface area contributed by atoms with E-state index in [1.54, 1.807) is 6.07 Å². The number of para-hydroxylation sites is 1. The van der Waals surface area contributed by atoms with E-state index in [0.29, 0.717) is 36.9 Å². The smallest absolute Gasteiger partial charge is 0.255 e. The highest BCUT2D eigenvalue weighted by molar-refractivity contribution is 5.94. The Bertz CT molecular complexity index is 1060. The number of rotatable bonds is 5. The van der Waals surface area contributed by atoms with Gasteiger partial charge in [0.05, 0.1) is 24.1 Å². The van der Waals surface area contributed by atoms with Crippen LogP contribution in [0.5, 0.6) is 5.75 Å². The molecule has 2 aromatic carbocycles. The van der Waals surface area contributed by atoms with Gasteiger partial charge in [-0.1, -0.05) is 48.5 Å². The monoisotopic (exact) mass is 429 g/mol. The van der Waals surface area contributed by atoms with E-state index in [0.717, 1.165) is 24.2 Å². The number of aromatic nitrogens is 2. The molecular weight excluding hydrogens is 402 g/mol. The third-order valence-corrected chi connectivity index (χ3v) is 6.69. The molecule has 0 radical (unpaired) electrons. The number of hydrogen-bond donors (Lipinski definition) is 1. The summed E-state index contributed by atoms with van der Waals surface area (Å²) in [7, 11) is 0. The average molecular weight is 430 g/mol. The first kappa shape index (κ1) is 20.6. The van der Waals surface area contributed by atoms with Gasteiger partial charge >= 0.3 is 0 Å². The number of fused-ring (bicyclic) bond motifs is 1. The molecule has 6 nitrogen and oxygen atoms in total. The Balaban J connectivity index is 1.27. The molecule has 1 aliphatic carbocycles. The molecule has 1 aromatic heterocycles. The molecule has 0 bridgehead atoms. The van der Waals surface area contributed by atoms with Crippen molar-refractivity contribution in [2.24, 2.45) is 11.8 Å². The van der Waals surface area contributed by atoms with Crippen LogP contribution < -0.4 is 4.74 Å². The van der Waals surface area contributed by atoms with Gasteiger partial charge in [0, 0.05) is 19.5 Å². The van der Waals surface area contributed by atoms with Crippen molar-refractivity contribution in [1.82, 2.24) is 15.1 Å². The van der Waals surface area contributed by atoms with E-state index in [4.69, 9.17) is 4.74 Å². The topological polar surface area (TPSA) is 75.6 Å². The highest BCUT2D eigenvalue weighted by atomic mass is 16.5. The van der Waals surface area contributed by atoms with E-state index in [-0.39, 0.29) is 12.0 Å². The minimum atomic E-state index is -0.543. The fraction of sp³-hybridized carbons (Fsp3) is 0.346. The van der Waals surface area contributed by atoms with Crippen LogP contribution in [0.25, 0.3) is 0 Å². The summed E-state index contributed by atoms with van der Waals surface area (Å²) >= 11 is 0. The van der Waals surface area contributed by atoms with Crippen LogP contribution in [0.3, 0.4) is 0 Å². The minimum Gasteiger partial charge on any atom is -0.487 e. The Hall–Kier alpha value is -3.25. The van der Waals surface area contributed by atoms with Crippen LogP contribution in [-0.2, 0) is 6.42 Å². The summed E-state index contributed by atoms with van der Waals surface area (Å²) in [6, 6.07) is 20.1. The summed E-state index contributed by atoms with van der Waals surface area (Å²) < 4.78 is 6.39. The first-order valence-corrected chi connectivity index (χ1v) is 11.2. The van der Waals surface area contributed by atoms with Crippen molar-refractivity contribution in [3.05, 3.63) is 89.7 Å². The van der Waals surface area contributed by atoms with Gasteiger partial charge in [-0.3, -0.25) is 4.79 Å². The molecule has 2 aliphatic rings. The van der Waals surface area contributed by atoms with Crippen molar-refractivity contribution < 1.29 is 14.6 Å². The van der Waals surface area contributed by atoms with Gasteiger partial charge in [-0.05, 0) is 47.9 Å². The molecule has 1 N–H and O–H groups in total. The van der Waals surface area contributed by atoms with Crippen LogP contribution in [0.2, 0.25) is 0 Å². The molecule has 164 valence electrons. The number of nitrogens with zero attached hydrogens (tertiary/aromatic N) is 3. The summed E-state index contributed by atoms with van der Waals surface area (Å²) in [5.41, 5.74) is 2.90. The quantitative estimate of drug-likeness (QED) is 0.673. The number of aliphatic hydroxyl groups is 1. The van der Waals surface area contributed by atoms with Crippen molar-refractivity contribution in [3.8, 4) is 5.75 Å². The number of carbonyl (C=O) groups excluding carboxylic acids is 1. The van der Waals surface area contributed by atoms with Gasteiger partial charge in [0.25, 0.3) is 5.91 Å². The number of likely N-dealkylation sites (tertiary alicyclic amines) is 1. The van der Waals surface area contributed by atoms with Gasteiger partial charge in [0.2, 0.25) is 0 Å². The van der Waals surface area contributed by atoms with E-state index < -0.39 is 6.10 Å². The molecule has 2 heterocycles. The molecular formula is C26H27N3O3. The maximum absolute atomic E-state index is 12.8. The second-order valence-electron chi connectivity index (χ2n) is 8.83. The fourth-order valence-electron chi connectivity index (χ4n) is 5.03. The Morgan fingerprint density at radius 2 is 1.72 bits per heavy atom. The molecule has 1 saturated heterocycles. The molecule has 1 amide bonds. The van der Waals surface area contributed by atoms with Crippen LogP contribution >= 0.6 is 0 Å². The maximum atomic E-state index is 12.8. The summed E-state index contributed by atoms with van der Waals surface area (Å²) in [6.45, 7) is 1.35. The van der Waals surface area contributed by atoms with Crippen molar-refractivity contribution >= 4 is 5.91 Å². The lowest BCUT2D eigenvalue weighted by Crippen LogP contribution is -2.42. The lowest BCUT2D eigenvalue weighted by atomic mass is 9.78. The van der Waals surface area contributed by atoms with E-state index in [2.05, 4.69) is 28.4 Å². The molecule has 1 aliphatic heterocycles. The van der Waals surface area contributed by atoms with Crippen LogP contribution in [0.1, 0.15) is 34.3 Å². The standard InChI is InChI=1S/C26H27N3O3/c30-23-13-21-16-29(26(31)20-10-11-27-28-15-20)17-22(21)14-25(23)32-24-9-5-4-8-19(24)12-18-6-2-1-3-7-18/h1-11,15,21-23,25,30H,12-14,16-17H2/t21-,22+,23+,25+/m0/s1. The zero-order valence-corrected chi connectivity index (χ0v) is 17.9. The number of carbonyl (C=O) groups is 1.